The number of aryl methyl sites for hydroxylation is 2. The van der Waals surface area contributed by atoms with E-state index in [-0.39, 0.29) is 29.5 Å². The maximum atomic E-state index is 14.7. The quantitative estimate of drug-likeness (QED) is 0.123. The Labute approximate surface area is 295 Å². The highest BCUT2D eigenvalue weighted by Crippen LogP contribution is 2.29. The molecule has 5 rings (SSSR count). The predicted molar refractivity (Wildman–Crippen MR) is 198 cm³/mol. The first-order valence-electron chi connectivity index (χ1n) is 16.7. The number of benzene rings is 5. The summed E-state index contributed by atoms with van der Waals surface area (Å²) < 4.78 is 35.8. The number of nitrogens with one attached hydrogen (secondary N) is 1. The summed E-state index contributed by atoms with van der Waals surface area (Å²) in [6.45, 7) is 5.83. The number of carbonyl (C=O) groups excluding carboxylic acids is 2. The van der Waals surface area contributed by atoms with Gasteiger partial charge in [-0.3, -0.25) is 13.9 Å². The largest absolute Gasteiger partial charge is 0.457 e. The van der Waals surface area contributed by atoms with Crippen LogP contribution >= 0.6 is 0 Å². The zero-order valence-corrected chi connectivity index (χ0v) is 29.5. The molecule has 50 heavy (non-hydrogen) atoms. The molecular formula is C41H43N3O5S. The van der Waals surface area contributed by atoms with E-state index in [4.69, 9.17) is 4.74 Å². The molecule has 0 heterocycles. The van der Waals surface area contributed by atoms with Gasteiger partial charge in [0.05, 0.1) is 10.6 Å². The normalized spacial score (nSPS) is 11.7. The van der Waals surface area contributed by atoms with Crippen molar-refractivity contribution in [2.75, 3.05) is 17.4 Å². The summed E-state index contributed by atoms with van der Waals surface area (Å²) in [6.07, 6.45) is 0.979. The van der Waals surface area contributed by atoms with Gasteiger partial charge in [-0.2, -0.15) is 0 Å². The van der Waals surface area contributed by atoms with Gasteiger partial charge in [0.25, 0.3) is 10.0 Å². The van der Waals surface area contributed by atoms with E-state index in [9.17, 15) is 18.0 Å². The van der Waals surface area contributed by atoms with Crippen molar-refractivity contribution >= 4 is 27.5 Å². The second kappa shape index (κ2) is 16.8. The summed E-state index contributed by atoms with van der Waals surface area (Å²) in [6, 6.07) is 38.7. The molecule has 1 N–H and O–H groups in total. The lowest BCUT2D eigenvalue weighted by Crippen LogP contribution is -2.53. The molecule has 1 atom stereocenters. The van der Waals surface area contributed by atoms with Crippen LogP contribution in [0.1, 0.15) is 35.6 Å². The third kappa shape index (κ3) is 9.39. The molecule has 0 aliphatic carbocycles. The van der Waals surface area contributed by atoms with Crippen LogP contribution in [0.5, 0.6) is 11.5 Å². The summed E-state index contributed by atoms with van der Waals surface area (Å²) in [5.41, 5.74) is 3.90. The van der Waals surface area contributed by atoms with Crippen molar-refractivity contribution in [3.05, 3.63) is 156 Å². The van der Waals surface area contributed by atoms with Crippen LogP contribution in [0.3, 0.4) is 0 Å². The molecule has 9 heteroatoms. The van der Waals surface area contributed by atoms with Crippen LogP contribution < -0.4 is 14.4 Å². The SMILES string of the molecule is CCCNC(=O)[C@@H](Cc1ccccc1)N(Cc1cccc(C)c1)C(=O)CN(c1ccc(Oc2ccccc2)cc1)S(=O)(=O)c1ccc(C)cc1. The molecule has 0 radical (unpaired) electrons. The molecule has 258 valence electrons. The molecule has 2 amide bonds. The van der Waals surface area contributed by atoms with E-state index in [1.165, 1.54) is 17.0 Å². The molecule has 5 aromatic rings. The lowest BCUT2D eigenvalue weighted by Gasteiger charge is -2.34. The molecule has 0 saturated carbocycles. The molecule has 5 aromatic carbocycles. The highest BCUT2D eigenvalue weighted by molar-refractivity contribution is 7.92. The van der Waals surface area contributed by atoms with Crippen molar-refractivity contribution in [3.8, 4) is 11.5 Å². The molecule has 0 spiro atoms. The van der Waals surface area contributed by atoms with Crippen LogP contribution in [0.4, 0.5) is 5.69 Å². The number of sulfonamides is 1. The summed E-state index contributed by atoms with van der Waals surface area (Å²) in [7, 11) is -4.23. The summed E-state index contributed by atoms with van der Waals surface area (Å²) >= 11 is 0. The molecule has 0 unspecified atom stereocenters. The van der Waals surface area contributed by atoms with Crippen molar-refractivity contribution in [2.24, 2.45) is 0 Å². The van der Waals surface area contributed by atoms with Crippen LogP contribution in [-0.4, -0.2) is 44.3 Å². The Morgan fingerprint density at radius 2 is 1.34 bits per heavy atom. The smallest absolute Gasteiger partial charge is 0.264 e. The fourth-order valence-electron chi connectivity index (χ4n) is 5.60. The van der Waals surface area contributed by atoms with Crippen molar-refractivity contribution < 1.29 is 22.7 Å². The van der Waals surface area contributed by atoms with Gasteiger partial charge in [0.15, 0.2) is 0 Å². The predicted octanol–water partition coefficient (Wildman–Crippen LogP) is 7.46. The second-order valence-corrected chi connectivity index (χ2v) is 14.1. The van der Waals surface area contributed by atoms with E-state index < -0.39 is 28.5 Å². The third-order valence-electron chi connectivity index (χ3n) is 8.25. The lowest BCUT2D eigenvalue weighted by molar-refractivity contribution is -0.140. The number of amides is 2. The standard InChI is InChI=1S/C41H43N3O5S/c1-4-26-42-41(46)39(28-33-13-7-5-8-14-33)43(29-34-15-11-12-32(3)27-34)40(45)30-44(50(47,48)38-24-18-31(2)19-25-38)35-20-22-37(23-21-35)49-36-16-9-6-10-17-36/h5-25,27,39H,4,26,28-30H2,1-3H3,(H,42,46)/t39-/m1/s1. The highest BCUT2D eigenvalue weighted by Gasteiger charge is 2.34. The average Bonchev–Trinajstić information content (AvgIpc) is 3.12. The Hall–Kier alpha value is -5.41. The van der Waals surface area contributed by atoms with Crippen molar-refractivity contribution in [1.82, 2.24) is 10.2 Å². The van der Waals surface area contributed by atoms with E-state index >= 15 is 0 Å². The zero-order valence-electron chi connectivity index (χ0n) is 28.7. The number of anilines is 1. The maximum absolute atomic E-state index is 14.7. The average molecular weight is 690 g/mol. The minimum Gasteiger partial charge on any atom is -0.457 e. The number of nitrogens with zero attached hydrogens (tertiary/aromatic N) is 2. The first-order valence-corrected chi connectivity index (χ1v) is 18.2. The number of para-hydroxylation sites is 1. The summed E-state index contributed by atoms with van der Waals surface area (Å²) in [4.78, 5) is 30.1. The molecule has 0 aliphatic rings. The lowest BCUT2D eigenvalue weighted by atomic mass is 10.0. The Balaban J connectivity index is 1.55. The zero-order chi connectivity index (χ0) is 35.5. The van der Waals surface area contributed by atoms with E-state index in [1.54, 1.807) is 36.4 Å². The first-order chi connectivity index (χ1) is 24.1. The number of ether oxygens (including phenoxy) is 1. The monoisotopic (exact) mass is 689 g/mol. The first kappa shape index (κ1) is 35.9. The minimum absolute atomic E-state index is 0.0484. The van der Waals surface area contributed by atoms with Gasteiger partial charge in [0.1, 0.15) is 24.1 Å². The molecule has 0 saturated heterocycles. The van der Waals surface area contributed by atoms with Gasteiger partial charge in [-0.05, 0) is 79.9 Å². The fourth-order valence-corrected chi connectivity index (χ4v) is 7.01. The van der Waals surface area contributed by atoms with Gasteiger partial charge < -0.3 is 15.0 Å². The van der Waals surface area contributed by atoms with Crippen molar-refractivity contribution in [3.63, 3.8) is 0 Å². The van der Waals surface area contributed by atoms with E-state index in [0.29, 0.717) is 18.0 Å². The van der Waals surface area contributed by atoms with Crippen LogP contribution in [0.25, 0.3) is 0 Å². The molecular weight excluding hydrogens is 647 g/mol. The van der Waals surface area contributed by atoms with Gasteiger partial charge in [-0.1, -0.05) is 103 Å². The number of carbonyl (C=O) groups is 2. The fraction of sp³-hybridized carbons (Fsp3) is 0.220. The van der Waals surface area contributed by atoms with Crippen molar-refractivity contribution in [2.45, 2.75) is 51.1 Å². The van der Waals surface area contributed by atoms with Gasteiger partial charge in [0.2, 0.25) is 11.8 Å². The van der Waals surface area contributed by atoms with Gasteiger partial charge in [-0.25, -0.2) is 8.42 Å². The van der Waals surface area contributed by atoms with E-state index in [0.717, 1.165) is 33.0 Å². The molecule has 0 bridgehead atoms. The Morgan fingerprint density at radius 1 is 0.720 bits per heavy atom. The maximum Gasteiger partial charge on any atom is 0.264 e. The second-order valence-electron chi connectivity index (χ2n) is 12.2. The minimum atomic E-state index is -4.23. The highest BCUT2D eigenvalue weighted by atomic mass is 32.2. The molecule has 8 nitrogen and oxygen atoms in total. The Morgan fingerprint density at radius 3 is 1.98 bits per heavy atom. The molecule has 0 aromatic heterocycles. The van der Waals surface area contributed by atoms with Gasteiger partial charge in [-0.15, -0.1) is 0 Å². The molecule has 0 aliphatic heterocycles. The number of rotatable bonds is 15. The Bertz CT molecular complexity index is 1970. The number of hydrogen-bond acceptors (Lipinski definition) is 5. The third-order valence-corrected chi connectivity index (χ3v) is 10.0. The van der Waals surface area contributed by atoms with Gasteiger partial charge in [0, 0.05) is 19.5 Å². The summed E-state index contributed by atoms with van der Waals surface area (Å²) in [5.74, 6) is 0.333. The summed E-state index contributed by atoms with van der Waals surface area (Å²) in [5, 5.41) is 2.98. The van der Waals surface area contributed by atoms with Gasteiger partial charge >= 0.3 is 0 Å². The number of hydrogen-bond donors (Lipinski definition) is 1. The molecule has 0 fully saturated rings. The van der Waals surface area contributed by atoms with Crippen molar-refractivity contribution in [1.29, 1.82) is 0 Å². The van der Waals surface area contributed by atoms with E-state index in [1.807, 2.05) is 106 Å². The van der Waals surface area contributed by atoms with Crippen LogP contribution in [0.15, 0.2) is 138 Å². The van der Waals surface area contributed by atoms with Crippen LogP contribution in [0.2, 0.25) is 0 Å². The van der Waals surface area contributed by atoms with Crippen LogP contribution in [-0.2, 0) is 32.6 Å². The Kier molecular flexibility index (Phi) is 12.1. The topological polar surface area (TPSA) is 96.0 Å². The van der Waals surface area contributed by atoms with E-state index in [2.05, 4.69) is 5.32 Å². The van der Waals surface area contributed by atoms with Crippen LogP contribution in [0, 0.1) is 13.8 Å².